The highest BCUT2D eigenvalue weighted by molar-refractivity contribution is 6.09. The molecule has 0 saturated heterocycles. The fourth-order valence-corrected chi connectivity index (χ4v) is 1.30. The molecule has 0 radical (unpaired) electrons. The lowest BCUT2D eigenvalue weighted by Gasteiger charge is -2.27. The number of carbonyl (C=O) groups is 2. The molecule has 0 unspecified atom stereocenters. The molecule has 0 aliphatic carbocycles. The summed E-state index contributed by atoms with van der Waals surface area (Å²) in [6, 6.07) is 0. The summed E-state index contributed by atoms with van der Waals surface area (Å²) < 4.78 is 15.2. The number of carbonyl (C=O) groups excluding carboxylic acids is 2. The van der Waals surface area contributed by atoms with Crippen molar-refractivity contribution in [1.29, 1.82) is 5.41 Å². The van der Waals surface area contributed by atoms with Gasteiger partial charge in [0.2, 0.25) is 5.96 Å². The number of hydrogen-bond donors (Lipinski definition) is 1. The Morgan fingerprint density at radius 2 is 1.39 bits per heavy atom. The van der Waals surface area contributed by atoms with Crippen LogP contribution in [0, 0.1) is 5.41 Å². The molecule has 2 amide bonds. The number of nitrogens with one attached hydrogen (secondary N) is 1. The number of rotatable bonds is 1. The molecule has 0 fully saturated rings. The first-order valence-corrected chi connectivity index (χ1v) is 7.27. The van der Waals surface area contributed by atoms with Crippen molar-refractivity contribution in [1.82, 2.24) is 4.90 Å². The predicted octanol–water partition coefficient (Wildman–Crippen LogP) is 3.55. The largest absolute Gasteiger partial charge is 0.484 e. The van der Waals surface area contributed by atoms with Crippen molar-refractivity contribution in [2.75, 3.05) is 7.11 Å². The summed E-state index contributed by atoms with van der Waals surface area (Å²) >= 11 is 0. The first-order chi connectivity index (χ1) is 10.3. The van der Waals surface area contributed by atoms with Gasteiger partial charge in [-0.3, -0.25) is 5.41 Å². The van der Waals surface area contributed by atoms with Crippen LogP contribution in [0.15, 0.2) is 4.99 Å². The molecule has 23 heavy (non-hydrogen) atoms. The van der Waals surface area contributed by atoms with Crippen molar-refractivity contribution in [3.8, 4) is 0 Å². The molecule has 0 atom stereocenters. The van der Waals surface area contributed by atoms with E-state index in [4.69, 9.17) is 19.6 Å². The number of nitrogens with zero attached hydrogens (tertiary/aromatic N) is 2. The van der Waals surface area contributed by atoms with Gasteiger partial charge in [0.05, 0.1) is 7.11 Å². The van der Waals surface area contributed by atoms with Crippen LogP contribution in [0.1, 0.15) is 54.9 Å². The first-order valence-electron chi connectivity index (χ1n) is 7.27. The van der Waals surface area contributed by atoms with E-state index >= 15 is 0 Å². The van der Waals surface area contributed by atoms with Gasteiger partial charge in [-0.25, -0.2) is 9.59 Å². The molecule has 0 spiro atoms. The lowest BCUT2D eigenvalue weighted by atomic mass is 10.2. The smallest absolute Gasteiger partial charge is 0.427 e. The lowest BCUT2D eigenvalue weighted by molar-refractivity contribution is 0.0144. The van der Waals surface area contributed by atoms with Gasteiger partial charge in [0.1, 0.15) is 11.2 Å². The zero-order valence-corrected chi connectivity index (χ0v) is 15.1. The van der Waals surface area contributed by atoms with E-state index in [1.807, 2.05) is 0 Å². The Hall–Kier alpha value is -2.12. The summed E-state index contributed by atoms with van der Waals surface area (Å²) in [4.78, 5) is 28.7. The van der Waals surface area contributed by atoms with Gasteiger partial charge in [0, 0.05) is 6.42 Å². The molecule has 0 saturated carbocycles. The molecule has 0 aromatic heterocycles. The zero-order chi connectivity index (χ0) is 18.4. The molecular weight excluding hydrogens is 302 g/mol. The summed E-state index contributed by atoms with van der Waals surface area (Å²) in [6.07, 6.45) is -1.67. The van der Waals surface area contributed by atoms with Gasteiger partial charge in [0.15, 0.2) is 5.90 Å². The Morgan fingerprint density at radius 3 is 1.65 bits per heavy atom. The van der Waals surface area contributed by atoms with E-state index in [1.165, 1.54) is 7.11 Å². The molecule has 8 heteroatoms. The molecule has 0 aromatic carbocycles. The van der Waals surface area contributed by atoms with Gasteiger partial charge in [-0.2, -0.15) is 4.99 Å². The van der Waals surface area contributed by atoms with E-state index in [0.717, 1.165) is 0 Å². The summed E-state index contributed by atoms with van der Waals surface area (Å²) in [5.41, 5.74) is -1.67. The minimum atomic E-state index is -1.04. The third-order valence-electron chi connectivity index (χ3n) is 2.13. The molecule has 132 valence electrons. The van der Waals surface area contributed by atoms with Crippen molar-refractivity contribution in [3.05, 3.63) is 0 Å². The highest BCUT2D eigenvalue weighted by Crippen LogP contribution is 2.15. The summed E-state index contributed by atoms with van der Waals surface area (Å²) in [6.45, 7) is 11.7. The topological polar surface area (TPSA) is 101 Å². The summed E-state index contributed by atoms with van der Waals surface area (Å²) in [5, 5.41) is 7.92. The maximum absolute atomic E-state index is 12.2. The van der Waals surface area contributed by atoms with Crippen molar-refractivity contribution in [2.24, 2.45) is 4.99 Å². The maximum Gasteiger partial charge on any atom is 0.427 e. The molecular formula is C15H27N3O5. The molecule has 1 N–H and O–H groups in total. The number of guanidine groups is 1. The highest BCUT2D eigenvalue weighted by atomic mass is 16.6. The van der Waals surface area contributed by atoms with Crippen molar-refractivity contribution < 1.29 is 23.8 Å². The average Bonchev–Trinajstić information content (AvgIpc) is 2.31. The van der Waals surface area contributed by atoms with E-state index < -0.39 is 29.3 Å². The Labute approximate surface area is 137 Å². The van der Waals surface area contributed by atoms with E-state index in [-0.39, 0.29) is 5.90 Å². The number of methoxy groups -OCH3 is 1. The number of amides is 2. The van der Waals surface area contributed by atoms with Gasteiger partial charge in [-0.1, -0.05) is 6.92 Å². The SMILES string of the molecule is CC/C(=N\C(=N)N(C(=O)OC(C)(C)C)C(=O)OC(C)(C)C)OC. The minimum absolute atomic E-state index is 0.201. The Kier molecular flexibility index (Phi) is 7.21. The second kappa shape index (κ2) is 7.94. The van der Waals surface area contributed by atoms with Crippen LogP contribution in [0.4, 0.5) is 9.59 Å². The Bertz CT molecular complexity index is 452. The molecule has 0 aliphatic heterocycles. The van der Waals surface area contributed by atoms with Crippen molar-refractivity contribution in [2.45, 2.75) is 66.1 Å². The summed E-state index contributed by atoms with van der Waals surface area (Å²) in [7, 11) is 1.39. The van der Waals surface area contributed by atoms with E-state index in [1.54, 1.807) is 48.5 Å². The van der Waals surface area contributed by atoms with Gasteiger partial charge >= 0.3 is 12.2 Å². The predicted molar refractivity (Wildman–Crippen MR) is 86.8 cm³/mol. The molecule has 0 rings (SSSR count). The second-order valence-corrected chi connectivity index (χ2v) is 6.68. The monoisotopic (exact) mass is 329 g/mol. The highest BCUT2D eigenvalue weighted by Gasteiger charge is 2.34. The van der Waals surface area contributed by atoms with Crippen LogP contribution >= 0.6 is 0 Å². The number of hydrogen-bond acceptors (Lipinski definition) is 6. The first kappa shape index (κ1) is 20.9. The number of imide groups is 1. The molecule has 8 nitrogen and oxygen atoms in total. The van der Waals surface area contributed by atoms with Gasteiger partial charge in [-0.15, -0.1) is 4.90 Å². The van der Waals surface area contributed by atoms with E-state index in [0.29, 0.717) is 11.3 Å². The third-order valence-corrected chi connectivity index (χ3v) is 2.13. The number of ether oxygens (including phenoxy) is 3. The van der Waals surface area contributed by atoms with Crippen LogP contribution in [0.2, 0.25) is 0 Å². The third kappa shape index (κ3) is 8.18. The zero-order valence-electron chi connectivity index (χ0n) is 15.1. The molecule has 0 aliphatic rings. The second-order valence-electron chi connectivity index (χ2n) is 6.68. The standard InChI is InChI=1S/C15H27N3O5/c1-9-10(21-8)17-11(16)18(12(19)22-14(2,3)4)13(20)23-15(5,6)7/h16H,9H2,1-8H3/b16-11?,17-10+. The minimum Gasteiger partial charge on any atom is -0.484 e. The van der Waals surface area contributed by atoms with E-state index in [9.17, 15) is 9.59 Å². The van der Waals surface area contributed by atoms with Gasteiger partial charge < -0.3 is 14.2 Å². The molecule has 0 heterocycles. The fraction of sp³-hybridized carbons (Fsp3) is 0.733. The average molecular weight is 329 g/mol. The van der Waals surface area contributed by atoms with Crippen LogP contribution in [-0.2, 0) is 14.2 Å². The lowest BCUT2D eigenvalue weighted by Crippen LogP contribution is -2.46. The van der Waals surface area contributed by atoms with Gasteiger partial charge in [-0.05, 0) is 41.5 Å². The normalized spacial score (nSPS) is 12.4. The van der Waals surface area contributed by atoms with Crippen LogP contribution in [0.25, 0.3) is 0 Å². The van der Waals surface area contributed by atoms with Gasteiger partial charge in [0.25, 0.3) is 0 Å². The maximum atomic E-state index is 12.2. The quantitative estimate of drug-likeness (QED) is 0.585. The van der Waals surface area contributed by atoms with E-state index in [2.05, 4.69) is 4.99 Å². The fourth-order valence-electron chi connectivity index (χ4n) is 1.30. The molecule has 0 aromatic rings. The van der Waals surface area contributed by atoms with Crippen LogP contribution in [-0.4, -0.2) is 47.3 Å². The van der Waals surface area contributed by atoms with Crippen molar-refractivity contribution in [3.63, 3.8) is 0 Å². The van der Waals surface area contributed by atoms with Crippen LogP contribution in [0.5, 0.6) is 0 Å². The Balaban J connectivity index is 5.54. The Morgan fingerprint density at radius 1 is 1.00 bits per heavy atom. The summed E-state index contributed by atoms with van der Waals surface area (Å²) in [5.74, 6) is -0.431. The number of aliphatic imine (C=N–C) groups is 1. The molecule has 0 bridgehead atoms. The van der Waals surface area contributed by atoms with Crippen LogP contribution < -0.4 is 0 Å². The van der Waals surface area contributed by atoms with Crippen molar-refractivity contribution >= 4 is 24.0 Å². The van der Waals surface area contributed by atoms with Crippen LogP contribution in [0.3, 0.4) is 0 Å².